The van der Waals surface area contributed by atoms with Gasteiger partial charge in [0.15, 0.2) is 0 Å². The molecule has 1 unspecified atom stereocenters. The number of aromatic carboxylic acids is 1. The van der Waals surface area contributed by atoms with Crippen molar-refractivity contribution in [3.63, 3.8) is 0 Å². The van der Waals surface area contributed by atoms with Crippen molar-refractivity contribution < 1.29 is 26.9 Å². The molecule has 0 fully saturated rings. The Balaban J connectivity index is 2.87. The van der Waals surface area contributed by atoms with Crippen molar-refractivity contribution in [3.05, 3.63) is 29.6 Å². The summed E-state index contributed by atoms with van der Waals surface area (Å²) in [4.78, 5) is 9.99. The number of halogens is 1. The van der Waals surface area contributed by atoms with Crippen LogP contribution in [0.5, 0.6) is 0 Å². The Bertz CT molecular complexity index is 630. The van der Waals surface area contributed by atoms with Gasteiger partial charge in [0, 0.05) is 28.9 Å². The Hall–Kier alpha value is -1.32. The highest BCUT2D eigenvalue weighted by molar-refractivity contribution is 7.89. The van der Waals surface area contributed by atoms with Crippen LogP contribution in [0, 0.1) is 5.82 Å². The van der Waals surface area contributed by atoms with Crippen molar-refractivity contribution in [2.24, 2.45) is 0 Å². The summed E-state index contributed by atoms with van der Waals surface area (Å²) < 4.78 is 50.5. The summed E-state index contributed by atoms with van der Waals surface area (Å²) >= 11 is 0. The number of hydrogen-bond acceptors (Lipinski definition) is 4. The van der Waals surface area contributed by atoms with Crippen LogP contribution in [-0.2, 0) is 20.8 Å². The maximum absolute atomic E-state index is 13.6. The summed E-state index contributed by atoms with van der Waals surface area (Å²) in [5.41, 5.74) is -0.339. The van der Waals surface area contributed by atoms with E-state index in [-0.39, 0.29) is 17.9 Å². The zero-order chi connectivity index (χ0) is 15.3. The minimum Gasteiger partial charge on any atom is -0.478 e. The van der Waals surface area contributed by atoms with Gasteiger partial charge in [-0.05, 0) is 18.2 Å². The zero-order valence-electron chi connectivity index (χ0n) is 10.6. The molecule has 0 aliphatic heterocycles. The Kier molecular flexibility index (Phi) is 5.78. The van der Waals surface area contributed by atoms with Crippen LogP contribution in [0.2, 0.25) is 0 Å². The van der Waals surface area contributed by atoms with Crippen LogP contribution in [0.15, 0.2) is 23.1 Å². The second-order valence-corrected chi connectivity index (χ2v) is 7.38. The van der Waals surface area contributed by atoms with E-state index < -0.39 is 37.5 Å². The molecule has 1 atom stereocenters. The number of carbonyl (C=O) groups is 1. The second-order valence-electron chi connectivity index (χ2n) is 3.78. The third-order valence-electron chi connectivity index (χ3n) is 2.41. The topological polar surface area (TPSA) is 101 Å². The molecule has 0 radical (unpaired) electrons. The van der Waals surface area contributed by atoms with Crippen LogP contribution in [0.1, 0.15) is 17.3 Å². The highest BCUT2D eigenvalue weighted by Crippen LogP contribution is 2.15. The number of carboxylic acid groups (broad SMARTS) is 1. The van der Waals surface area contributed by atoms with E-state index in [9.17, 15) is 21.8 Å². The Morgan fingerprint density at radius 1 is 1.45 bits per heavy atom. The molecule has 0 saturated heterocycles. The van der Waals surface area contributed by atoms with Crippen LogP contribution in [-0.4, -0.2) is 41.8 Å². The van der Waals surface area contributed by atoms with Gasteiger partial charge in [-0.15, -0.1) is 0 Å². The van der Waals surface area contributed by atoms with Gasteiger partial charge in [0.05, 0.1) is 5.56 Å². The summed E-state index contributed by atoms with van der Waals surface area (Å²) in [5, 5.41) is 8.67. The molecule has 0 spiro atoms. The fourth-order valence-electron chi connectivity index (χ4n) is 1.36. The Morgan fingerprint density at radius 3 is 2.60 bits per heavy atom. The third-order valence-corrected chi connectivity index (χ3v) is 5.21. The van der Waals surface area contributed by atoms with Gasteiger partial charge < -0.3 is 5.11 Å². The first-order chi connectivity index (χ1) is 9.27. The van der Waals surface area contributed by atoms with Crippen molar-refractivity contribution in [1.29, 1.82) is 0 Å². The molecule has 0 aromatic heterocycles. The molecule has 0 amide bonds. The van der Waals surface area contributed by atoms with Gasteiger partial charge in [-0.1, -0.05) is 6.92 Å². The Labute approximate surface area is 118 Å². The molecule has 0 aliphatic rings. The van der Waals surface area contributed by atoms with Crippen LogP contribution in [0.4, 0.5) is 4.39 Å². The van der Waals surface area contributed by atoms with E-state index in [0.717, 1.165) is 12.1 Å². The van der Waals surface area contributed by atoms with Crippen molar-refractivity contribution in [3.8, 4) is 0 Å². The molecule has 1 rings (SSSR count). The summed E-state index contributed by atoms with van der Waals surface area (Å²) in [5.74, 6) is -1.96. The van der Waals surface area contributed by atoms with E-state index in [1.54, 1.807) is 6.92 Å². The van der Waals surface area contributed by atoms with E-state index in [0.29, 0.717) is 11.8 Å². The maximum atomic E-state index is 13.6. The SMILES string of the molecule is CCS(=O)CCNS(=O)(=O)c1ccc(C(=O)O)cc1F. The van der Waals surface area contributed by atoms with E-state index >= 15 is 0 Å². The molecule has 9 heteroatoms. The predicted molar refractivity (Wildman–Crippen MR) is 72.1 cm³/mol. The number of benzene rings is 1. The predicted octanol–water partition coefficient (Wildman–Crippen LogP) is 0.571. The first-order valence-electron chi connectivity index (χ1n) is 5.65. The van der Waals surface area contributed by atoms with Gasteiger partial charge in [-0.25, -0.2) is 22.3 Å². The first-order valence-corrected chi connectivity index (χ1v) is 8.62. The van der Waals surface area contributed by atoms with Gasteiger partial charge in [-0.3, -0.25) is 4.21 Å². The van der Waals surface area contributed by atoms with E-state index in [2.05, 4.69) is 4.72 Å². The van der Waals surface area contributed by atoms with Gasteiger partial charge in [0.1, 0.15) is 10.7 Å². The molecule has 6 nitrogen and oxygen atoms in total. The molecule has 0 bridgehead atoms. The normalized spacial score (nSPS) is 13.1. The molecular formula is C11H14FNO5S2. The van der Waals surface area contributed by atoms with Crippen molar-refractivity contribution in [2.45, 2.75) is 11.8 Å². The highest BCUT2D eigenvalue weighted by Gasteiger charge is 2.20. The number of rotatable bonds is 7. The summed E-state index contributed by atoms with van der Waals surface area (Å²) in [6.07, 6.45) is 0. The molecule has 1 aromatic rings. The third kappa shape index (κ3) is 4.36. The zero-order valence-corrected chi connectivity index (χ0v) is 12.3. The van der Waals surface area contributed by atoms with Crippen molar-refractivity contribution >= 4 is 26.8 Å². The summed E-state index contributed by atoms with van der Waals surface area (Å²) in [7, 11) is -5.22. The molecule has 2 N–H and O–H groups in total. The van der Waals surface area contributed by atoms with Gasteiger partial charge in [0.2, 0.25) is 10.0 Å². The summed E-state index contributed by atoms with van der Waals surface area (Å²) in [6.45, 7) is 1.62. The van der Waals surface area contributed by atoms with E-state index in [4.69, 9.17) is 5.11 Å². The fourth-order valence-corrected chi connectivity index (χ4v) is 3.20. The lowest BCUT2D eigenvalue weighted by atomic mass is 10.2. The van der Waals surface area contributed by atoms with Crippen LogP contribution in [0.3, 0.4) is 0 Å². The van der Waals surface area contributed by atoms with Gasteiger partial charge >= 0.3 is 5.97 Å². The molecule has 0 heterocycles. The molecule has 20 heavy (non-hydrogen) atoms. The highest BCUT2D eigenvalue weighted by atomic mass is 32.2. The standard InChI is InChI=1S/C11H14FNO5S2/c1-2-19(16)6-5-13-20(17,18)10-4-3-8(11(14)15)7-9(10)12/h3-4,7,13H,2,5-6H2,1H3,(H,14,15). The molecule has 1 aromatic carbocycles. The van der Waals surface area contributed by atoms with Gasteiger partial charge in [0.25, 0.3) is 0 Å². The van der Waals surface area contributed by atoms with E-state index in [1.807, 2.05) is 0 Å². The lowest BCUT2D eigenvalue weighted by Crippen LogP contribution is -2.29. The van der Waals surface area contributed by atoms with Crippen molar-refractivity contribution in [1.82, 2.24) is 4.72 Å². The number of sulfonamides is 1. The lowest BCUT2D eigenvalue weighted by molar-refractivity contribution is 0.0696. The quantitative estimate of drug-likeness (QED) is 0.764. The number of hydrogen-bond donors (Lipinski definition) is 2. The second kappa shape index (κ2) is 6.91. The molecule has 0 aliphatic carbocycles. The average molecular weight is 323 g/mol. The van der Waals surface area contributed by atoms with Crippen LogP contribution in [0.25, 0.3) is 0 Å². The number of carboxylic acids is 1. The smallest absolute Gasteiger partial charge is 0.335 e. The van der Waals surface area contributed by atoms with Crippen molar-refractivity contribution in [2.75, 3.05) is 18.1 Å². The van der Waals surface area contributed by atoms with Gasteiger partial charge in [-0.2, -0.15) is 0 Å². The first kappa shape index (κ1) is 16.7. The van der Waals surface area contributed by atoms with Crippen LogP contribution < -0.4 is 4.72 Å². The van der Waals surface area contributed by atoms with Crippen LogP contribution >= 0.6 is 0 Å². The molecule has 112 valence electrons. The number of nitrogens with one attached hydrogen (secondary N) is 1. The Morgan fingerprint density at radius 2 is 2.10 bits per heavy atom. The average Bonchev–Trinajstić information content (AvgIpc) is 2.37. The fraction of sp³-hybridized carbons (Fsp3) is 0.364. The minimum atomic E-state index is -4.09. The van der Waals surface area contributed by atoms with E-state index in [1.165, 1.54) is 0 Å². The summed E-state index contributed by atoms with van der Waals surface area (Å²) in [6, 6.07) is 2.53. The molecule has 0 saturated carbocycles. The minimum absolute atomic E-state index is 0.0804. The largest absolute Gasteiger partial charge is 0.478 e. The molecular weight excluding hydrogens is 309 g/mol. The monoisotopic (exact) mass is 323 g/mol. The maximum Gasteiger partial charge on any atom is 0.335 e. The lowest BCUT2D eigenvalue weighted by Gasteiger charge is -2.07.